The molecule has 0 fully saturated rings. The van der Waals surface area contributed by atoms with Crippen molar-refractivity contribution in [1.82, 2.24) is 4.90 Å². The molecule has 1 heteroatoms. The summed E-state index contributed by atoms with van der Waals surface area (Å²) in [7, 11) is 2.14. The maximum Gasteiger partial charge on any atom is 0.0160 e. The first-order chi connectivity index (χ1) is 3.39. The van der Waals surface area contributed by atoms with Crippen molar-refractivity contribution in [3.05, 3.63) is 12.2 Å². The van der Waals surface area contributed by atoms with Crippen molar-refractivity contribution in [2.45, 2.75) is 6.42 Å². The zero-order valence-corrected chi connectivity index (χ0v) is 4.72. The van der Waals surface area contributed by atoms with Crippen LogP contribution < -0.4 is 0 Å². The Hall–Kier alpha value is -0.300. The predicted octanol–water partition coefficient (Wildman–Crippen LogP) is 0.878. The van der Waals surface area contributed by atoms with Crippen molar-refractivity contribution < 1.29 is 0 Å². The van der Waals surface area contributed by atoms with E-state index in [1.807, 2.05) is 0 Å². The minimum absolute atomic E-state index is 1.14. The zero-order valence-electron chi connectivity index (χ0n) is 4.72. The molecular formula is C6H11N. The van der Waals surface area contributed by atoms with Crippen LogP contribution in [0.2, 0.25) is 0 Å². The molecule has 7 heavy (non-hydrogen) atoms. The van der Waals surface area contributed by atoms with E-state index in [2.05, 4.69) is 24.1 Å². The highest BCUT2D eigenvalue weighted by atomic mass is 15.1. The monoisotopic (exact) mass is 97.1 g/mol. The van der Waals surface area contributed by atoms with Gasteiger partial charge in [-0.3, -0.25) is 0 Å². The number of likely N-dealkylation sites (N-methyl/N-ethyl adjacent to an activating group) is 1. The van der Waals surface area contributed by atoms with Gasteiger partial charge < -0.3 is 4.90 Å². The van der Waals surface area contributed by atoms with Gasteiger partial charge in [-0.05, 0) is 13.5 Å². The number of rotatable bonds is 0. The van der Waals surface area contributed by atoms with E-state index >= 15 is 0 Å². The molecule has 1 aliphatic heterocycles. The molecule has 0 amide bonds. The normalized spacial score (nSPS) is 23.0. The minimum Gasteiger partial charge on any atom is -0.302 e. The lowest BCUT2D eigenvalue weighted by Gasteiger charge is -2.15. The van der Waals surface area contributed by atoms with E-state index in [0.717, 1.165) is 6.54 Å². The topological polar surface area (TPSA) is 3.24 Å². The van der Waals surface area contributed by atoms with Crippen molar-refractivity contribution in [3.8, 4) is 0 Å². The third-order valence-electron chi connectivity index (χ3n) is 1.26. The van der Waals surface area contributed by atoms with Gasteiger partial charge in [0.2, 0.25) is 0 Å². The predicted molar refractivity (Wildman–Crippen MR) is 31.3 cm³/mol. The van der Waals surface area contributed by atoms with E-state index in [0.29, 0.717) is 0 Å². The van der Waals surface area contributed by atoms with Gasteiger partial charge in [-0.2, -0.15) is 0 Å². The molecule has 0 aliphatic carbocycles. The fraction of sp³-hybridized carbons (Fsp3) is 0.667. The third-order valence-corrected chi connectivity index (χ3v) is 1.26. The second-order valence-corrected chi connectivity index (χ2v) is 2.02. The first-order valence-corrected chi connectivity index (χ1v) is 2.73. The summed E-state index contributed by atoms with van der Waals surface area (Å²) in [6.07, 6.45) is 5.68. The summed E-state index contributed by atoms with van der Waals surface area (Å²) in [6.45, 7) is 2.37. The van der Waals surface area contributed by atoms with Crippen LogP contribution in [0.3, 0.4) is 0 Å². The van der Waals surface area contributed by atoms with Gasteiger partial charge in [-0.15, -0.1) is 0 Å². The van der Waals surface area contributed by atoms with Gasteiger partial charge in [0.15, 0.2) is 0 Å². The fourth-order valence-electron chi connectivity index (χ4n) is 0.759. The summed E-state index contributed by atoms with van der Waals surface area (Å²) in [6, 6.07) is 0. The molecule has 1 aliphatic rings. The van der Waals surface area contributed by atoms with E-state index in [-0.39, 0.29) is 0 Å². The lowest BCUT2D eigenvalue weighted by Crippen LogP contribution is -2.21. The Morgan fingerprint density at radius 2 is 2.29 bits per heavy atom. The molecule has 0 radical (unpaired) electrons. The first-order valence-electron chi connectivity index (χ1n) is 2.73. The first kappa shape index (κ1) is 4.85. The molecule has 1 rings (SSSR count). The Morgan fingerprint density at radius 3 is 2.57 bits per heavy atom. The molecule has 0 saturated heterocycles. The van der Waals surface area contributed by atoms with E-state index < -0.39 is 0 Å². The van der Waals surface area contributed by atoms with Crippen LogP contribution in [0.25, 0.3) is 0 Å². The van der Waals surface area contributed by atoms with Gasteiger partial charge in [0.05, 0.1) is 0 Å². The second-order valence-electron chi connectivity index (χ2n) is 2.02. The maximum absolute atomic E-state index is 2.31. The van der Waals surface area contributed by atoms with Crippen LogP contribution in [-0.2, 0) is 0 Å². The molecule has 0 saturated carbocycles. The number of hydrogen-bond donors (Lipinski definition) is 0. The molecule has 0 aromatic rings. The van der Waals surface area contributed by atoms with Gasteiger partial charge in [0, 0.05) is 13.1 Å². The van der Waals surface area contributed by atoms with Crippen LogP contribution >= 0.6 is 0 Å². The Morgan fingerprint density at radius 1 is 1.43 bits per heavy atom. The SMILES string of the molecule is CN1CC=CCC1. The van der Waals surface area contributed by atoms with Crippen LogP contribution in [-0.4, -0.2) is 25.0 Å². The molecule has 1 heterocycles. The highest BCUT2D eigenvalue weighted by Gasteiger charge is 1.95. The summed E-state index contributed by atoms with van der Waals surface area (Å²) in [5, 5.41) is 0. The second kappa shape index (κ2) is 2.12. The Labute approximate surface area is 44.6 Å². The third kappa shape index (κ3) is 1.32. The van der Waals surface area contributed by atoms with Crippen molar-refractivity contribution in [2.75, 3.05) is 20.1 Å². The van der Waals surface area contributed by atoms with Crippen molar-refractivity contribution in [3.63, 3.8) is 0 Å². The van der Waals surface area contributed by atoms with E-state index in [4.69, 9.17) is 0 Å². The van der Waals surface area contributed by atoms with Gasteiger partial charge in [-0.25, -0.2) is 0 Å². The van der Waals surface area contributed by atoms with Crippen LogP contribution in [0.1, 0.15) is 6.42 Å². The van der Waals surface area contributed by atoms with E-state index in [9.17, 15) is 0 Å². The molecule has 0 N–H and O–H groups in total. The lowest BCUT2D eigenvalue weighted by atomic mass is 10.3. The zero-order chi connectivity index (χ0) is 5.11. The quantitative estimate of drug-likeness (QED) is 0.405. The molecule has 0 atom stereocenters. The largest absolute Gasteiger partial charge is 0.302 e. The summed E-state index contributed by atoms with van der Waals surface area (Å²) in [5.41, 5.74) is 0. The average Bonchev–Trinajstić information content (AvgIpc) is 1.69. The van der Waals surface area contributed by atoms with Crippen LogP contribution in [0.15, 0.2) is 12.2 Å². The number of nitrogens with zero attached hydrogens (tertiary/aromatic N) is 1. The fourth-order valence-corrected chi connectivity index (χ4v) is 0.759. The number of hydrogen-bond acceptors (Lipinski definition) is 1. The van der Waals surface area contributed by atoms with Gasteiger partial charge >= 0.3 is 0 Å². The summed E-state index contributed by atoms with van der Waals surface area (Å²) < 4.78 is 0. The maximum atomic E-state index is 2.31. The van der Waals surface area contributed by atoms with Crippen LogP contribution in [0.5, 0.6) is 0 Å². The Bertz CT molecular complexity index is 76.2. The standard InChI is InChI=1S/C6H11N/c1-7-5-3-2-4-6-7/h2-3H,4-6H2,1H3. The van der Waals surface area contributed by atoms with Gasteiger partial charge in [0.1, 0.15) is 0 Å². The molecule has 0 aromatic carbocycles. The van der Waals surface area contributed by atoms with E-state index in [1.54, 1.807) is 0 Å². The molecule has 0 bridgehead atoms. The lowest BCUT2D eigenvalue weighted by molar-refractivity contribution is 0.366. The van der Waals surface area contributed by atoms with Crippen LogP contribution in [0.4, 0.5) is 0 Å². The molecule has 1 nitrogen and oxygen atoms in total. The highest BCUT2D eigenvalue weighted by molar-refractivity contribution is 4.89. The molecule has 0 aromatic heterocycles. The summed E-state index contributed by atoms with van der Waals surface area (Å²) >= 11 is 0. The average molecular weight is 97.2 g/mol. The summed E-state index contributed by atoms with van der Waals surface area (Å²) in [4.78, 5) is 2.31. The summed E-state index contributed by atoms with van der Waals surface area (Å²) in [5.74, 6) is 0. The Kier molecular flexibility index (Phi) is 1.47. The van der Waals surface area contributed by atoms with Gasteiger partial charge in [-0.1, -0.05) is 12.2 Å². The molecule has 0 unspecified atom stereocenters. The smallest absolute Gasteiger partial charge is 0.0160 e. The van der Waals surface area contributed by atoms with Crippen molar-refractivity contribution in [1.29, 1.82) is 0 Å². The van der Waals surface area contributed by atoms with Gasteiger partial charge in [0.25, 0.3) is 0 Å². The molecular weight excluding hydrogens is 86.1 g/mol. The minimum atomic E-state index is 1.14. The molecule has 0 spiro atoms. The van der Waals surface area contributed by atoms with Crippen molar-refractivity contribution in [2.24, 2.45) is 0 Å². The van der Waals surface area contributed by atoms with Crippen molar-refractivity contribution >= 4 is 0 Å². The Balaban J connectivity index is 2.32. The van der Waals surface area contributed by atoms with E-state index in [1.165, 1.54) is 13.0 Å². The molecule has 40 valence electrons. The highest BCUT2D eigenvalue weighted by Crippen LogP contribution is 1.95. The van der Waals surface area contributed by atoms with Crippen LogP contribution in [0, 0.1) is 0 Å².